The van der Waals surface area contributed by atoms with Crippen molar-refractivity contribution in [2.24, 2.45) is 7.05 Å². The molecule has 1 aliphatic heterocycles. The molecule has 1 aromatic carbocycles. The molecule has 2 aromatic heterocycles. The van der Waals surface area contributed by atoms with Gasteiger partial charge < -0.3 is 14.5 Å². The van der Waals surface area contributed by atoms with Gasteiger partial charge in [-0.05, 0) is 37.6 Å². The van der Waals surface area contributed by atoms with Gasteiger partial charge in [0, 0.05) is 50.2 Å². The van der Waals surface area contributed by atoms with Crippen LogP contribution in [0.1, 0.15) is 25.5 Å². The Morgan fingerprint density at radius 3 is 2.62 bits per heavy atom. The number of pyridine rings is 1. The van der Waals surface area contributed by atoms with Gasteiger partial charge >= 0.3 is 0 Å². The first-order valence-electron chi connectivity index (χ1n) is 10.9. The minimum absolute atomic E-state index is 0.146. The summed E-state index contributed by atoms with van der Waals surface area (Å²) >= 11 is 0. The van der Waals surface area contributed by atoms with Crippen molar-refractivity contribution in [2.75, 3.05) is 42.6 Å². The Kier molecular flexibility index (Phi) is 6.50. The Morgan fingerprint density at radius 1 is 1.19 bits per heavy atom. The highest BCUT2D eigenvalue weighted by molar-refractivity contribution is 5.60. The minimum Gasteiger partial charge on any atom is -0.372 e. The molecule has 3 heterocycles. The lowest BCUT2D eigenvalue weighted by atomic mass is 10.1. The summed E-state index contributed by atoms with van der Waals surface area (Å²) in [5, 5.41) is 0. The standard InChI is InChI=1S/C24H28FN5O2/c1-4-29(5-2)18-8-6-17(7-9-18)22-16-30(12-13-32-22)24-27-21(14-23(31)28(24)3)19-10-11-26-15-20(19)25/h6-11,14-15,22H,4-5,12-13,16H2,1-3H3/t22-/m1/s1. The lowest BCUT2D eigenvalue weighted by Crippen LogP contribution is -2.41. The van der Waals surface area contributed by atoms with E-state index in [0.29, 0.717) is 31.3 Å². The van der Waals surface area contributed by atoms with Gasteiger partial charge in [0.1, 0.15) is 6.10 Å². The van der Waals surface area contributed by atoms with E-state index in [1.54, 1.807) is 7.05 Å². The van der Waals surface area contributed by atoms with Gasteiger partial charge in [-0.15, -0.1) is 0 Å². The number of rotatable bonds is 6. The van der Waals surface area contributed by atoms with Crippen LogP contribution in [0.4, 0.5) is 16.0 Å². The Bertz CT molecular complexity index is 1130. The summed E-state index contributed by atoms with van der Waals surface area (Å²) in [6.07, 6.45) is 2.47. The second-order valence-corrected chi connectivity index (χ2v) is 7.76. The molecule has 0 N–H and O–H groups in total. The number of halogens is 1. The Morgan fingerprint density at radius 2 is 1.94 bits per heavy atom. The third kappa shape index (κ3) is 4.36. The monoisotopic (exact) mass is 437 g/mol. The van der Waals surface area contributed by atoms with Crippen molar-refractivity contribution < 1.29 is 9.13 Å². The van der Waals surface area contributed by atoms with E-state index in [2.05, 4.69) is 53.0 Å². The molecule has 0 unspecified atom stereocenters. The van der Waals surface area contributed by atoms with E-state index in [0.717, 1.165) is 24.8 Å². The number of ether oxygens (including phenoxy) is 1. The van der Waals surface area contributed by atoms with Crippen LogP contribution in [0.2, 0.25) is 0 Å². The molecule has 3 aromatic rings. The van der Waals surface area contributed by atoms with Gasteiger partial charge in [-0.25, -0.2) is 9.37 Å². The van der Waals surface area contributed by atoms with E-state index in [4.69, 9.17) is 4.74 Å². The number of hydrogen-bond acceptors (Lipinski definition) is 6. The van der Waals surface area contributed by atoms with Gasteiger partial charge in [-0.1, -0.05) is 12.1 Å². The third-order valence-corrected chi connectivity index (χ3v) is 5.90. The molecule has 0 saturated carbocycles. The zero-order chi connectivity index (χ0) is 22.7. The quantitative estimate of drug-likeness (QED) is 0.589. The summed E-state index contributed by atoms with van der Waals surface area (Å²) < 4.78 is 21.8. The highest BCUT2D eigenvalue weighted by Crippen LogP contribution is 2.28. The fourth-order valence-electron chi connectivity index (χ4n) is 4.05. The number of nitrogens with zero attached hydrogens (tertiary/aromatic N) is 5. The second kappa shape index (κ2) is 9.48. The topological polar surface area (TPSA) is 63.5 Å². The smallest absolute Gasteiger partial charge is 0.255 e. The highest BCUT2D eigenvalue weighted by atomic mass is 19.1. The van der Waals surface area contributed by atoms with Gasteiger partial charge in [0.15, 0.2) is 5.82 Å². The molecule has 1 aliphatic rings. The van der Waals surface area contributed by atoms with Crippen LogP contribution in [0.3, 0.4) is 0 Å². The van der Waals surface area contributed by atoms with E-state index >= 15 is 0 Å². The molecule has 0 radical (unpaired) electrons. The average Bonchev–Trinajstić information content (AvgIpc) is 2.82. The molecule has 1 fully saturated rings. The molecule has 7 nitrogen and oxygen atoms in total. The van der Waals surface area contributed by atoms with E-state index in [1.165, 1.54) is 28.6 Å². The van der Waals surface area contributed by atoms with Crippen molar-refractivity contribution in [3.8, 4) is 11.3 Å². The third-order valence-electron chi connectivity index (χ3n) is 5.90. The molecule has 0 aliphatic carbocycles. The summed E-state index contributed by atoms with van der Waals surface area (Å²) in [5.74, 6) is -0.0101. The summed E-state index contributed by atoms with van der Waals surface area (Å²) in [6.45, 7) is 7.84. The van der Waals surface area contributed by atoms with Crippen LogP contribution in [0.15, 0.2) is 53.6 Å². The number of benzene rings is 1. The molecule has 1 atom stereocenters. The largest absolute Gasteiger partial charge is 0.372 e. The van der Waals surface area contributed by atoms with Crippen molar-refractivity contribution in [1.82, 2.24) is 14.5 Å². The van der Waals surface area contributed by atoms with Crippen LogP contribution in [-0.4, -0.2) is 47.3 Å². The van der Waals surface area contributed by atoms with Gasteiger partial charge in [0.05, 0.1) is 25.0 Å². The molecular formula is C24H28FN5O2. The molecular weight excluding hydrogens is 409 g/mol. The maximum Gasteiger partial charge on any atom is 0.255 e. The first-order chi connectivity index (χ1) is 15.5. The Labute approximate surface area is 187 Å². The van der Waals surface area contributed by atoms with Crippen LogP contribution in [0.25, 0.3) is 11.3 Å². The van der Waals surface area contributed by atoms with Crippen LogP contribution >= 0.6 is 0 Å². The predicted octanol–water partition coefficient (Wildman–Crippen LogP) is 3.41. The molecule has 168 valence electrons. The van der Waals surface area contributed by atoms with Crippen molar-refractivity contribution in [1.29, 1.82) is 0 Å². The molecule has 8 heteroatoms. The summed E-state index contributed by atoms with van der Waals surface area (Å²) in [5.41, 5.74) is 2.58. The Hall–Kier alpha value is -3.26. The fraction of sp³-hybridized carbons (Fsp3) is 0.375. The van der Waals surface area contributed by atoms with Crippen molar-refractivity contribution in [2.45, 2.75) is 20.0 Å². The van der Waals surface area contributed by atoms with Gasteiger partial charge in [0.2, 0.25) is 5.95 Å². The lowest BCUT2D eigenvalue weighted by Gasteiger charge is -2.34. The number of hydrogen-bond donors (Lipinski definition) is 0. The zero-order valence-corrected chi connectivity index (χ0v) is 18.7. The van der Waals surface area contributed by atoms with Crippen LogP contribution in [-0.2, 0) is 11.8 Å². The highest BCUT2D eigenvalue weighted by Gasteiger charge is 2.25. The summed E-state index contributed by atoms with van der Waals surface area (Å²) in [6, 6.07) is 11.3. The maximum atomic E-state index is 14.3. The van der Waals surface area contributed by atoms with Crippen LogP contribution in [0, 0.1) is 5.82 Å². The number of aromatic nitrogens is 3. The van der Waals surface area contributed by atoms with Crippen molar-refractivity contribution >= 4 is 11.6 Å². The van der Waals surface area contributed by atoms with Crippen LogP contribution < -0.4 is 15.4 Å². The first-order valence-corrected chi connectivity index (χ1v) is 10.9. The van der Waals surface area contributed by atoms with Gasteiger partial charge in [-0.3, -0.25) is 14.3 Å². The first kappa shape index (κ1) is 22.0. The predicted molar refractivity (Wildman–Crippen MR) is 124 cm³/mol. The molecule has 1 saturated heterocycles. The second-order valence-electron chi connectivity index (χ2n) is 7.76. The fourth-order valence-corrected chi connectivity index (χ4v) is 4.05. The maximum absolute atomic E-state index is 14.3. The normalized spacial score (nSPS) is 16.2. The molecule has 0 spiro atoms. The minimum atomic E-state index is -0.507. The van der Waals surface area contributed by atoms with E-state index in [9.17, 15) is 9.18 Å². The van der Waals surface area contributed by atoms with E-state index < -0.39 is 5.82 Å². The Balaban J connectivity index is 1.61. The summed E-state index contributed by atoms with van der Waals surface area (Å²) in [7, 11) is 1.68. The zero-order valence-electron chi connectivity index (χ0n) is 18.7. The van der Waals surface area contributed by atoms with Crippen molar-refractivity contribution in [3.63, 3.8) is 0 Å². The molecule has 0 bridgehead atoms. The van der Waals surface area contributed by atoms with E-state index in [-0.39, 0.29) is 17.2 Å². The van der Waals surface area contributed by atoms with Gasteiger partial charge in [-0.2, -0.15) is 0 Å². The van der Waals surface area contributed by atoms with Crippen LogP contribution in [0.5, 0.6) is 0 Å². The summed E-state index contributed by atoms with van der Waals surface area (Å²) in [4.78, 5) is 25.3. The SMILES string of the molecule is CCN(CC)c1ccc([C@H]2CN(c3nc(-c4ccncc4F)cc(=O)n3C)CCO2)cc1. The molecule has 4 rings (SSSR count). The molecule has 0 amide bonds. The van der Waals surface area contributed by atoms with Gasteiger partial charge in [0.25, 0.3) is 5.56 Å². The number of morpholine rings is 1. The lowest BCUT2D eigenvalue weighted by molar-refractivity contribution is 0.0390. The number of anilines is 2. The average molecular weight is 438 g/mol. The van der Waals surface area contributed by atoms with Crippen molar-refractivity contribution in [3.05, 3.63) is 70.5 Å². The van der Waals surface area contributed by atoms with E-state index in [1.807, 2.05) is 4.90 Å². The molecule has 32 heavy (non-hydrogen) atoms.